The van der Waals surface area contributed by atoms with Crippen LogP contribution in [0, 0.1) is 11.6 Å². The number of fused-ring (bicyclic) bond motifs is 4. The zero-order chi connectivity index (χ0) is 32.3. The van der Waals surface area contributed by atoms with Crippen LogP contribution in [0.2, 0.25) is 0 Å². The van der Waals surface area contributed by atoms with E-state index in [1.165, 1.54) is 31.5 Å². The predicted octanol–water partition coefficient (Wildman–Crippen LogP) is 5.10. The molecule has 0 aliphatic carbocycles. The van der Waals surface area contributed by atoms with Crippen LogP contribution in [-0.4, -0.2) is 85.3 Å². The zero-order valence-corrected chi connectivity index (χ0v) is 26.3. The molecule has 2 bridgehead atoms. The molecule has 45 heavy (non-hydrogen) atoms. The summed E-state index contributed by atoms with van der Waals surface area (Å²) in [6, 6.07) is 7.07. The molecular formula is C31H33F2N5O6S. The van der Waals surface area contributed by atoms with Gasteiger partial charge >= 0.3 is 6.09 Å². The number of anilines is 1. The molecule has 4 heterocycles. The lowest BCUT2D eigenvalue weighted by Crippen LogP contribution is -2.57. The van der Waals surface area contributed by atoms with E-state index in [1.54, 1.807) is 37.8 Å². The van der Waals surface area contributed by atoms with Crippen LogP contribution in [0.3, 0.4) is 0 Å². The summed E-state index contributed by atoms with van der Waals surface area (Å²) in [5.74, 6) is -1.05. The van der Waals surface area contributed by atoms with Crippen LogP contribution in [0.4, 0.5) is 19.4 Å². The number of methoxy groups -OCH3 is 1. The Morgan fingerprint density at radius 2 is 1.80 bits per heavy atom. The van der Waals surface area contributed by atoms with E-state index in [2.05, 4.69) is 15.0 Å². The highest BCUT2D eigenvalue weighted by Crippen LogP contribution is 2.40. The molecule has 4 aromatic rings. The van der Waals surface area contributed by atoms with Gasteiger partial charge in [-0.25, -0.2) is 32.0 Å². The molecule has 2 aliphatic rings. The highest BCUT2D eigenvalue weighted by atomic mass is 32.2. The van der Waals surface area contributed by atoms with Crippen molar-refractivity contribution >= 4 is 43.4 Å². The Balaban J connectivity index is 1.48. The topological polar surface area (TPSA) is 124 Å². The minimum absolute atomic E-state index is 0.0919. The van der Waals surface area contributed by atoms with Gasteiger partial charge < -0.3 is 19.1 Å². The Bertz CT molecular complexity index is 1920. The first-order valence-corrected chi connectivity index (χ1v) is 16.3. The van der Waals surface area contributed by atoms with Gasteiger partial charge in [0.25, 0.3) is 0 Å². The summed E-state index contributed by atoms with van der Waals surface area (Å²) < 4.78 is 73.4. The minimum Gasteiger partial charge on any atom is -0.468 e. The summed E-state index contributed by atoms with van der Waals surface area (Å²) >= 11 is 0. The summed E-state index contributed by atoms with van der Waals surface area (Å²) in [6.07, 6.45) is 3.35. The first-order valence-electron chi connectivity index (χ1n) is 14.4. The van der Waals surface area contributed by atoms with Crippen LogP contribution >= 0.6 is 0 Å². The normalized spacial score (nSPS) is 18.6. The zero-order valence-electron chi connectivity index (χ0n) is 25.5. The largest absolute Gasteiger partial charge is 0.468 e. The summed E-state index contributed by atoms with van der Waals surface area (Å²) in [4.78, 5) is 29.5. The molecule has 238 valence electrons. The molecule has 2 fully saturated rings. The number of amides is 1. The monoisotopic (exact) mass is 641 g/mol. The van der Waals surface area contributed by atoms with E-state index in [0.29, 0.717) is 24.2 Å². The third-order valence-corrected chi connectivity index (χ3v) is 8.71. The van der Waals surface area contributed by atoms with E-state index < -0.39 is 38.3 Å². The Labute approximate surface area is 259 Å². The van der Waals surface area contributed by atoms with E-state index in [0.717, 1.165) is 19.1 Å². The number of hydrogen-bond donors (Lipinski definition) is 0. The number of benzene rings is 2. The van der Waals surface area contributed by atoms with Gasteiger partial charge in [-0.1, -0.05) is 12.1 Å². The highest BCUT2D eigenvalue weighted by Gasteiger charge is 2.45. The molecule has 2 saturated heterocycles. The van der Waals surface area contributed by atoms with Crippen LogP contribution in [0.1, 0.15) is 33.6 Å². The van der Waals surface area contributed by atoms with E-state index in [4.69, 9.17) is 14.2 Å². The summed E-state index contributed by atoms with van der Waals surface area (Å²) in [6.45, 7) is 5.97. The van der Waals surface area contributed by atoms with Gasteiger partial charge in [0.1, 0.15) is 34.2 Å². The van der Waals surface area contributed by atoms with Crippen molar-refractivity contribution in [1.82, 2.24) is 19.9 Å². The molecule has 0 radical (unpaired) electrons. The number of halogens is 2. The van der Waals surface area contributed by atoms with Crippen molar-refractivity contribution in [3.63, 3.8) is 0 Å². The number of sulfone groups is 1. The molecule has 0 N–H and O–H groups in total. The minimum atomic E-state index is -3.98. The maximum absolute atomic E-state index is 16.6. The smallest absolute Gasteiger partial charge is 0.410 e. The first kappa shape index (κ1) is 30.8. The van der Waals surface area contributed by atoms with Crippen LogP contribution in [0.25, 0.3) is 32.9 Å². The van der Waals surface area contributed by atoms with Crippen molar-refractivity contribution in [3.05, 3.63) is 48.2 Å². The number of hydrogen-bond acceptors (Lipinski definition) is 10. The van der Waals surface area contributed by atoms with Gasteiger partial charge in [0.05, 0.1) is 17.5 Å². The highest BCUT2D eigenvalue weighted by molar-refractivity contribution is 7.90. The predicted molar refractivity (Wildman–Crippen MR) is 163 cm³/mol. The molecule has 14 heteroatoms. The van der Waals surface area contributed by atoms with Crippen molar-refractivity contribution in [3.8, 4) is 17.0 Å². The maximum atomic E-state index is 16.6. The number of piperazine rings is 1. The molecule has 11 nitrogen and oxygen atoms in total. The number of aromatic nitrogens is 3. The average Bonchev–Trinajstić information content (AvgIpc) is 3.23. The Morgan fingerprint density at radius 3 is 2.44 bits per heavy atom. The van der Waals surface area contributed by atoms with Crippen molar-refractivity contribution in [2.24, 2.45) is 0 Å². The molecule has 0 spiro atoms. The third kappa shape index (κ3) is 5.84. The van der Waals surface area contributed by atoms with Crippen molar-refractivity contribution in [2.75, 3.05) is 38.1 Å². The van der Waals surface area contributed by atoms with Crippen LogP contribution in [0.15, 0.2) is 41.7 Å². The lowest BCUT2D eigenvalue weighted by Gasteiger charge is -2.42. The Kier molecular flexibility index (Phi) is 7.76. The third-order valence-electron chi connectivity index (χ3n) is 7.86. The molecule has 2 aliphatic heterocycles. The number of carbonyl (C=O) groups excluding carboxylic acids is 1. The summed E-state index contributed by atoms with van der Waals surface area (Å²) in [5.41, 5.74) is -1.08. The Morgan fingerprint density at radius 1 is 1.09 bits per heavy atom. The van der Waals surface area contributed by atoms with Gasteiger partial charge in [-0.3, -0.25) is 9.88 Å². The van der Waals surface area contributed by atoms with Gasteiger partial charge in [-0.2, -0.15) is 0 Å². The number of nitrogens with zero attached hydrogens (tertiary/aromatic N) is 5. The molecular weight excluding hydrogens is 608 g/mol. The average molecular weight is 642 g/mol. The lowest BCUT2D eigenvalue weighted by atomic mass is 9.99. The summed E-state index contributed by atoms with van der Waals surface area (Å²) in [5, 5.41) is 0.181. The van der Waals surface area contributed by atoms with E-state index in [1.807, 2.05) is 4.90 Å². The van der Waals surface area contributed by atoms with E-state index in [-0.39, 0.29) is 52.2 Å². The standard InChI is InChI=1S/C31H33F2N5O6S/c1-31(2,3)44-30(39)38-18-9-10-19(38)15-37(14-18)28-22-13-34-26(25(33)27(22)35-29(36-28)45(5,40)41)21-12-20(43-16-42-4)11-17-7-6-8-23(32)24(17)21/h6-8,11-13,18-19H,9-10,14-16H2,1-5H3. The molecule has 1 amide bonds. The Hall–Kier alpha value is -4.17. The van der Waals surface area contributed by atoms with Gasteiger partial charge in [0, 0.05) is 43.6 Å². The number of ether oxygens (including phenoxy) is 3. The molecule has 2 unspecified atom stereocenters. The van der Waals surface area contributed by atoms with Gasteiger partial charge in [0.2, 0.25) is 15.0 Å². The number of rotatable bonds is 6. The second kappa shape index (κ2) is 11.3. The maximum Gasteiger partial charge on any atom is 0.410 e. The van der Waals surface area contributed by atoms with Crippen molar-refractivity contribution < 1.29 is 36.2 Å². The second-order valence-corrected chi connectivity index (χ2v) is 14.2. The molecule has 6 rings (SSSR count). The van der Waals surface area contributed by atoms with Crippen LogP contribution < -0.4 is 9.64 Å². The molecule has 2 atom stereocenters. The number of carbonyl (C=O) groups is 1. The van der Waals surface area contributed by atoms with Gasteiger partial charge in [-0.15, -0.1) is 0 Å². The van der Waals surface area contributed by atoms with Crippen LogP contribution in [-0.2, 0) is 19.3 Å². The van der Waals surface area contributed by atoms with Crippen molar-refractivity contribution in [1.29, 1.82) is 0 Å². The van der Waals surface area contributed by atoms with E-state index in [9.17, 15) is 13.2 Å². The van der Waals surface area contributed by atoms with Crippen LogP contribution in [0.5, 0.6) is 5.75 Å². The SMILES string of the molecule is COCOc1cc(-c2ncc3c(N4CC5CCC(C4)N5C(=O)OC(C)(C)C)nc(S(C)(=O)=O)nc3c2F)c2c(F)cccc2c1. The fraction of sp³-hybridized carbons (Fsp3) is 0.419. The first-order chi connectivity index (χ1) is 21.2. The number of pyridine rings is 1. The summed E-state index contributed by atoms with van der Waals surface area (Å²) in [7, 11) is -2.53. The molecule has 0 saturated carbocycles. The molecule has 2 aromatic carbocycles. The van der Waals surface area contributed by atoms with E-state index >= 15 is 8.78 Å². The van der Waals surface area contributed by atoms with Gasteiger partial charge in [0.15, 0.2) is 12.6 Å². The lowest BCUT2D eigenvalue weighted by molar-refractivity contribution is 0.0123. The second-order valence-electron chi connectivity index (χ2n) is 12.3. The van der Waals surface area contributed by atoms with Gasteiger partial charge in [-0.05, 0) is 57.2 Å². The van der Waals surface area contributed by atoms with Crippen molar-refractivity contribution in [2.45, 2.75) is 56.5 Å². The fourth-order valence-electron chi connectivity index (χ4n) is 6.06. The molecule has 2 aromatic heterocycles. The fourth-order valence-corrected chi connectivity index (χ4v) is 6.57. The quantitative estimate of drug-likeness (QED) is 0.208.